The monoisotopic (exact) mass is 352 g/mol. The molecule has 0 fully saturated rings. The minimum absolute atomic E-state index is 0.0427. The SMILES string of the molecule is COc1ccc(-c2oc3cc(C)c(C)cc3c(=O)c2OCC(C)=O)cc1. The molecule has 0 saturated carbocycles. The van der Waals surface area contributed by atoms with Crippen LogP contribution in [0.1, 0.15) is 18.1 Å². The van der Waals surface area contributed by atoms with Crippen LogP contribution in [-0.4, -0.2) is 19.5 Å². The highest BCUT2D eigenvalue weighted by atomic mass is 16.5. The summed E-state index contributed by atoms with van der Waals surface area (Å²) in [6, 6.07) is 10.7. The molecule has 0 N–H and O–H groups in total. The fourth-order valence-corrected chi connectivity index (χ4v) is 2.67. The van der Waals surface area contributed by atoms with Gasteiger partial charge in [-0.25, -0.2) is 0 Å². The first kappa shape index (κ1) is 17.7. The Morgan fingerprint density at radius 3 is 2.35 bits per heavy atom. The van der Waals surface area contributed by atoms with Crippen LogP contribution in [0.2, 0.25) is 0 Å². The summed E-state index contributed by atoms with van der Waals surface area (Å²) in [7, 11) is 1.58. The third kappa shape index (κ3) is 3.33. The van der Waals surface area contributed by atoms with Crippen LogP contribution in [0, 0.1) is 13.8 Å². The Hall–Kier alpha value is -3.08. The molecule has 0 amide bonds. The summed E-state index contributed by atoms with van der Waals surface area (Å²) >= 11 is 0. The summed E-state index contributed by atoms with van der Waals surface area (Å²) in [5.74, 6) is 0.857. The van der Waals surface area contributed by atoms with Crippen LogP contribution in [0.5, 0.6) is 11.5 Å². The van der Waals surface area contributed by atoms with Crippen LogP contribution < -0.4 is 14.9 Å². The zero-order valence-corrected chi connectivity index (χ0v) is 15.2. The van der Waals surface area contributed by atoms with Crippen molar-refractivity contribution < 1.29 is 18.7 Å². The molecule has 0 radical (unpaired) electrons. The number of benzene rings is 2. The molecule has 0 saturated heterocycles. The minimum Gasteiger partial charge on any atom is -0.497 e. The number of rotatable bonds is 5. The highest BCUT2D eigenvalue weighted by molar-refractivity contribution is 5.84. The van der Waals surface area contributed by atoms with E-state index in [1.54, 1.807) is 37.4 Å². The van der Waals surface area contributed by atoms with Gasteiger partial charge in [-0.1, -0.05) is 0 Å². The average Bonchev–Trinajstić information content (AvgIpc) is 2.62. The Kier molecular flexibility index (Phi) is 4.80. The van der Waals surface area contributed by atoms with Gasteiger partial charge in [-0.2, -0.15) is 0 Å². The van der Waals surface area contributed by atoms with Gasteiger partial charge in [-0.15, -0.1) is 0 Å². The Labute approximate surface area is 151 Å². The number of methoxy groups -OCH3 is 1. The number of carbonyl (C=O) groups excluding carboxylic acids is 1. The van der Waals surface area contributed by atoms with Crippen molar-refractivity contribution in [3.8, 4) is 22.8 Å². The fourth-order valence-electron chi connectivity index (χ4n) is 2.67. The molecule has 134 valence electrons. The third-order valence-corrected chi connectivity index (χ3v) is 4.24. The molecule has 0 unspecified atom stereocenters. The highest BCUT2D eigenvalue weighted by Gasteiger charge is 2.19. The molecule has 0 aliphatic rings. The van der Waals surface area contributed by atoms with E-state index in [0.717, 1.165) is 11.1 Å². The van der Waals surface area contributed by atoms with E-state index in [-0.39, 0.29) is 23.6 Å². The van der Waals surface area contributed by atoms with Crippen LogP contribution in [0.15, 0.2) is 45.6 Å². The molecule has 2 aromatic carbocycles. The zero-order valence-electron chi connectivity index (χ0n) is 15.2. The first-order valence-corrected chi connectivity index (χ1v) is 8.25. The Morgan fingerprint density at radius 2 is 1.73 bits per heavy atom. The van der Waals surface area contributed by atoms with E-state index < -0.39 is 0 Å². The van der Waals surface area contributed by atoms with Gasteiger partial charge in [-0.05, 0) is 68.3 Å². The molecular weight excluding hydrogens is 332 g/mol. The lowest BCUT2D eigenvalue weighted by Crippen LogP contribution is -2.15. The van der Waals surface area contributed by atoms with Crippen molar-refractivity contribution in [3.63, 3.8) is 0 Å². The van der Waals surface area contributed by atoms with E-state index in [4.69, 9.17) is 13.9 Å². The van der Waals surface area contributed by atoms with Gasteiger partial charge in [0.2, 0.25) is 11.2 Å². The summed E-state index contributed by atoms with van der Waals surface area (Å²) in [5, 5.41) is 0.434. The van der Waals surface area contributed by atoms with E-state index in [9.17, 15) is 9.59 Å². The number of carbonyl (C=O) groups is 1. The molecule has 1 aromatic heterocycles. The molecule has 0 aliphatic heterocycles. The lowest BCUT2D eigenvalue weighted by molar-refractivity contribution is -0.118. The summed E-state index contributed by atoms with van der Waals surface area (Å²) in [6.45, 7) is 5.11. The van der Waals surface area contributed by atoms with Gasteiger partial charge in [0.05, 0.1) is 12.5 Å². The van der Waals surface area contributed by atoms with Crippen molar-refractivity contribution in [1.82, 2.24) is 0 Å². The van der Waals surface area contributed by atoms with Crippen molar-refractivity contribution in [2.75, 3.05) is 13.7 Å². The van der Waals surface area contributed by atoms with Gasteiger partial charge in [0.15, 0.2) is 11.5 Å². The molecule has 3 rings (SSSR count). The van der Waals surface area contributed by atoms with Gasteiger partial charge in [-0.3, -0.25) is 9.59 Å². The number of aryl methyl sites for hydroxylation is 2. The molecule has 1 heterocycles. The van der Waals surface area contributed by atoms with Crippen molar-refractivity contribution in [2.45, 2.75) is 20.8 Å². The summed E-state index contributed by atoms with van der Waals surface area (Å²) in [6.07, 6.45) is 0. The van der Waals surface area contributed by atoms with E-state index >= 15 is 0 Å². The molecule has 0 bridgehead atoms. The second-order valence-electron chi connectivity index (χ2n) is 6.24. The summed E-state index contributed by atoms with van der Waals surface area (Å²) < 4.78 is 16.7. The van der Waals surface area contributed by atoms with E-state index in [1.165, 1.54) is 6.92 Å². The van der Waals surface area contributed by atoms with E-state index in [1.807, 2.05) is 19.9 Å². The number of Topliss-reactive ketones (excluding diaryl/α,β-unsaturated/α-hetero) is 1. The standard InChI is InChI=1S/C21H20O5/c1-12-9-17-18(10-13(12)2)26-20(15-5-7-16(24-4)8-6-15)21(19(17)23)25-11-14(3)22/h5-10H,11H2,1-4H3. The van der Waals surface area contributed by atoms with Crippen molar-refractivity contribution in [1.29, 1.82) is 0 Å². The molecule has 0 atom stereocenters. The van der Waals surface area contributed by atoms with Gasteiger partial charge in [0, 0.05) is 5.56 Å². The Morgan fingerprint density at radius 1 is 1.08 bits per heavy atom. The quantitative estimate of drug-likeness (QED) is 0.693. The lowest BCUT2D eigenvalue weighted by atomic mass is 10.0. The third-order valence-electron chi connectivity index (χ3n) is 4.24. The van der Waals surface area contributed by atoms with Crippen LogP contribution in [0.25, 0.3) is 22.3 Å². The maximum absolute atomic E-state index is 13.0. The van der Waals surface area contributed by atoms with Crippen LogP contribution >= 0.6 is 0 Å². The summed E-state index contributed by atoms with van der Waals surface area (Å²) in [5.41, 5.74) is 2.88. The smallest absolute Gasteiger partial charge is 0.235 e. The second kappa shape index (κ2) is 7.04. The normalized spacial score (nSPS) is 10.8. The number of ketones is 1. The van der Waals surface area contributed by atoms with E-state index in [0.29, 0.717) is 28.0 Å². The fraction of sp³-hybridized carbons (Fsp3) is 0.238. The second-order valence-corrected chi connectivity index (χ2v) is 6.24. The molecule has 5 heteroatoms. The first-order chi connectivity index (χ1) is 12.4. The van der Waals surface area contributed by atoms with Crippen LogP contribution in [0.4, 0.5) is 0 Å². The topological polar surface area (TPSA) is 65.7 Å². The summed E-state index contributed by atoms with van der Waals surface area (Å²) in [4.78, 5) is 24.3. The molecular formula is C21H20O5. The molecule has 0 spiro atoms. The van der Waals surface area contributed by atoms with Gasteiger partial charge in [0.1, 0.15) is 17.9 Å². The van der Waals surface area contributed by atoms with Crippen molar-refractivity contribution >= 4 is 16.8 Å². The zero-order chi connectivity index (χ0) is 18.8. The predicted molar refractivity (Wildman–Crippen MR) is 100 cm³/mol. The highest BCUT2D eigenvalue weighted by Crippen LogP contribution is 2.32. The predicted octanol–water partition coefficient (Wildman–Crippen LogP) is 4.05. The Balaban J connectivity index is 2.26. The van der Waals surface area contributed by atoms with Crippen LogP contribution in [-0.2, 0) is 4.79 Å². The van der Waals surface area contributed by atoms with Gasteiger partial charge < -0.3 is 13.9 Å². The van der Waals surface area contributed by atoms with Gasteiger partial charge in [0.25, 0.3) is 0 Å². The maximum atomic E-state index is 13.0. The first-order valence-electron chi connectivity index (χ1n) is 8.25. The molecule has 26 heavy (non-hydrogen) atoms. The van der Waals surface area contributed by atoms with Gasteiger partial charge >= 0.3 is 0 Å². The number of hydrogen-bond acceptors (Lipinski definition) is 5. The average molecular weight is 352 g/mol. The molecule has 5 nitrogen and oxygen atoms in total. The lowest BCUT2D eigenvalue weighted by Gasteiger charge is -2.12. The minimum atomic E-state index is -0.290. The molecule has 0 aliphatic carbocycles. The van der Waals surface area contributed by atoms with Crippen LogP contribution in [0.3, 0.4) is 0 Å². The van der Waals surface area contributed by atoms with Crippen molar-refractivity contribution in [3.05, 3.63) is 57.7 Å². The Bertz CT molecular complexity index is 1030. The van der Waals surface area contributed by atoms with E-state index in [2.05, 4.69) is 0 Å². The number of ether oxygens (including phenoxy) is 2. The number of hydrogen-bond donors (Lipinski definition) is 0. The largest absolute Gasteiger partial charge is 0.497 e. The molecule has 3 aromatic rings. The number of fused-ring (bicyclic) bond motifs is 1. The maximum Gasteiger partial charge on any atom is 0.235 e. The van der Waals surface area contributed by atoms with Crippen molar-refractivity contribution in [2.24, 2.45) is 0 Å².